The molecule has 0 atom stereocenters. The molecule has 0 saturated carbocycles. The van der Waals surface area contributed by atoms with Gasteiger partial charge in [0.2, 0.25) is 0 Å². The highest BCUT2D eigenvalue weighted by Gasteiger charge is 2.28. The third kappa shape index (κ3) is 3.23. The zero-order valence-corrected chi connectivity index (χ0v) is 18.4. The zero-order chi connectivity index (χ0) is 22.2. The lowest BCUT2D eigenvalue weighted by atomic mass is 9.89. The summed E-state index contributed by atoms with van der Waals surface area (Å²) in [6.45, 7) is 1.40. The minimum absolute atomic E-state index is 0.0247. The van der Waals surface area contributed by atoms with Crippen LogP contribution in [0, 0.1) is 0 Å². The zero-order valence-electron chi connectivity index (χ0n) is 18.4. The van der Waals surface area contributed by atoms with Crippen LogP contribution in [0.3, 0.4) is 0 Å². The molecule has 0 bridgehead atoms. The van der Waals surface area contributed by atoms with Gasteiger partial charge in [0.1, 0.15) is 17.1 Å². The average molecular weight is 434 g/mol. The number of hydrogen-bond acceptors (Lipinski definition) is 5. The van der Waals surface area contributed by atoms with Crippen LogP contribution >= 0.6 is 0 Å². The van der Waals surface area contributed by atoms with Crippen molar-refractivity contribution in [2.45, 2.75) is 18.8 Å². The van der Waals surface area contributed by atoms with Crippen LogP contribution in [0.25, 0.3) is 21.9 Å². The number of likely N-dealkylation sites (tertiary alicyclic amines) is 1. The molecule has 0 aliphatic carbocycles. The largest absolute Gasteiger partial charge is 0.496 e. The first-order valence-corrected chi connectivity index (χ1v) is 10.7. The Kier molecular flexibility index (Phi) is 5.13. The quantitative estimate of drug-likeness (QED) is 0.494. The SMILES string of the molecule is COc1cc(OC)c2cc(C(=O)N3CCC(c4c[nH]c5ncccc45)CC3)[nH]c2c1OC. The van der Waals surface area contributed by atoms with Gasteiger partial charge in [-0.25, -0.2) is 4.98 Å². The van der Waals surface area contributed by atoms with Crippen LogP contribution in [0.15, 0.2) is 36.7 Å². The van der Waals surface area contributed by atoms with Crippen LogP contribution in [-0.2, 0) is 0 Å². The Morgan fingerprint density at radius 1 is 1.06 bits per heavy atom. The molecule has 8 heteroatoms. The molecule has 1 aromatic carbocycles. The number of ether oxygens (including phenoxy) is 3. The minimum Gasteiger partial charge on any atom is -0.496 e. The van der Waals surface area contributed by atoms with E-state index in [0.717, 1.165) is 23.9 Å². The van der Waals surface area contributed by atoms with Crippen molar-refractivity contribution in [3.05, 3.63) is 47.9 Å². The van der Waals surface area contributed by atoms with Crippen molar-refractivity contribution in [1.82, 2.24) is 19.9 Å². The normalized spacial score (nSPS) is 14.8. The second-order valence-electron chi connectivity index (χ2n) is 8.00. The van der Waals surface area contributed by atoms with Crippen molar-refractivity contribution >= 4 is 27.8 Å². The molecule has 1 aliphatic rings. The van der Waals surface area contributed by atoms with Gasteiger partial charge >= 0.3 is 0 Å². The fourth-order valence-corrected chi connectivity index (χ4v) is 4.73. The Morgan fingerprint density at radius 3 is 2.56 bits per heavy atom. The monoisotopic (exact) mass is 434 g/mol. The maximum absolute atomic E-state index is 13.3. The lowest BCUT2D eigenvalue weighted by molar-refractivity contribution is 0.0708. The van der Waals surface area contributed by atoms with Crippen molar-refractivity contribution in [3.8, 4) is 17.2 Å². The molecular formula is C24H26N4O4. The number of benzene rings is 1. The second-order valence-corrected chi connectivity index (χ2v) is 8.00. The molecule has 0 unspecified atom stereocenters. The van der Waals surface area contributed by atoms with Crippen LogP contribution in [0.5, 0.6) is 17.2 Å². The van der Waals surface area contributed by atoms with Crippen molar-refractivity contribution in [2.24, 2.45) is 0 Å². The summed E-state index contributed by atoms with van der Waals surface area (Å²) in [4.78, 5) is 26.1. The van der Waals surface area contributed by atoms with Crippen LogP contribution < -0.4 is 14.2 Å². The van der Waals surface area contributed by atoms with E-state index in [1.165, 1.54) is 10.9 Å². The second kappa shape index (κ2) is 8.11. The maximum atomic E-state index is 13.3. The molecule has 4 heterocycles. The molecule has 32 heavy (non-hydrogen) atoms. The molecule has 0 spiro atoms. The smallest absolute Gasteiger partial charge is 0.270 e. The standard InChI is InChI=1S/C24H26N4O4/c1-30-19-12-20(31-2)22(32-3)21-16(19)11-18(27-21)24(29)28-9-6-14(7-10-28)17-13-26-23-15(17)5-4-8-25-23/h4-5,8,11-14,27H,6-7,9-10H2,1-3H3,(H,25,26). The number of carbonyl (C=O) groups is 1. The minimum atomic E-state index is -0.0247. The number of nitrogens with one attached hydrogen (secondary N) is 2. The first-order valence-electron chi connectivity index (χ1n) is 10.7. The highest BCUT2D eigenvalue weighted by Crippen LogP contribution is 2.41. The van der Waals surface area contributed by atoms with E-state index in [1.807, 2.05) is 17.0 Å². The summed E-state index contributed by atoms with van der Waals surface area (Å²) >= 11 is 0. The average Bonchev–Trinajstić information content (AvgIpc) is 3.47. The molecule has 0 radical (unpaired) electrons. The number of piperidine rings is 1. The van der Waals surface area contributed by atoms with Crippen molar-refractivity contribution in [3.63, 3.8) is 0 Å². The molecular weight excluding hydrogens is 408 g/mol. The lowest BCUT2D eigenvalue weighted by Crippen LogP contribution is -2.38. The van der Waals surface area contributed by atoms with Gasteiger partial charge in [0.25, 0.3) is 5.91 Å². The summed E-state index contributed by atoms with van der Waals surface area (Å²) in [5.74, 6) is 2.10. The summed E-state index contributed by atoms with van der Waals surface area (Å²) in [5.41, 5.74) is 3.40. The molecule has 3 aromatic heterocycles. The Labute approximate surface area is 185 Å². The number of H-pyrrole nitrogens is 2. The van der Waals surface area contributed by atoms with Gasteiger partial charge in [0.05, 0.1) is 26.8 Å². The first kappa shape index (κ1) is 20.2. The van der Waals surface area contributed by atoms with E-state index in [0.29, 0.717) is 47.5 Å². The van der Waals surface area contributed by atoms with Crippen molar-refractivity contribution in [2.75, 3.05) is 34.4 Å². The fraction of sp³-hybridized carbons (Fsp3) is 0.333. The molecule has 166 valence electrons. The number of methoxy groups -OCH3 is 3. The predicted molar refractivity (Wildman–Crippen MR) is 122 cm³/mol. The summed E-state index contributed by atoms with van der Waals surface area (Å²) in [6.07, 6.45) is 5.68. The van der Waals surface area contributed by atoms with Gasteiger partial charge in [-0.05, 0) is 42.5 Å². The van der Waals surface area contributed by atoms with Gasteiger partial charge in [0, 0.05) is 42.3 Å². The molecule has 8 nitrogen and oxygen atoms in total. The van der Waals surface area contributed by atoms with Crippen LogP contribution in [-0.4, -0.2) is 60.2 Å². The Balaban J connectivity index is 1.38. The third-order valence-electron chi connectivity index (χ3n) is 6.38. The Bertz CT molecular complexity index is 1280. The van der Waals surface area contributed by atoms with Gasteiger partial charge in [-0.2, -0.15) is 0 Å². The summed E-state index contributed by atoms with van der Waals surface area (Å²) < 4.78 is 16.5. The van der Waals surface area contributed by atoms with E-state index >= 15 is 0 Å². The summed E-state index contributed by atoms with van der Waals surface area (Å²) in [5, 5.41) is 1.95. The van der Waals surface area contributed by atoms with E-state index in [4.69, 9.17) is 14.2 Å². The van der Waals surface area contributed by atoms with Gasteiger partial charge in [-0.3, -0.25) is 4.79 Å². The Morgan fingerprint density at radius 2 is 1.84 bits per heavy atom. The van der Waals surface area contributed by atoms with E-state index in [9.17, 15) is 4.79 Å². The maximum Gasteiger partial charge on any atom is 0.270 e. The van der Waals surface area contributed by atoms with E-state index in [1.54, 1.807) is 33.6 Å². The number of fused-ring (bicyclic) bond motifs is 2. The number of carbonyl (C=O) groups excluding carboxylic acids is 1. The van der Waals surface area contributed by atoms with Crippen LogP contribution in [0.2, 0.25) is 0 Å². The number of pyridine rings is 1. The highest BCUT2D eigenvalue weighted by molar-refractivity contribution is 6.02. The number of hydrogen-bond donors (Lipinski definition) is 2. The van der Waals surface area contributed by atoms with Crippen LogP contribution in [0.1, 0.15) is 34.8 Å². The van der Waals surface area contributed by atoms with E-state index in [-0.39, 0.29) is 5.91 Å². The number of aromatic nitrogens is 3. The summed E-state index contributed by atoms with van der Waals surface area (Å²) in [6, 6.07) is 7.66. The Hall–Kier alpha value is -3.68. The number of nitrogens with zero attached hydrogens (tertiary/aromatic N) is 2. The highest BCUT2D eigenvalue weighted by atomic mass is 16.5. The molecule has 1 amide bonds. The van der Waals surface area contributed by atoms with Gasteiger partial charge in [0.15, 0.2) is 11.5 Å². The van der Waals surface area contributed by atoms with E-state index < -0.39 is 0 Å². The molecule has 1 saturated heterocycles. The predicted octanol–water partition coefficient (Wildman–Crippen LogP) is 4.09. The molecule has 4 aromatic rings. The van der Waals surface area contributed by atoms with Crippen LogP contribution in [0.4, 0.5) is 0 Å². The number of rotatable bonds is 5. The number of aromatic amines is 2. The van der Waals surface area contributed by atoms with E-state index in [2.05, 4.69) is 27.2 Å². The van der Waals surface area contributed by atoms with Crippen molar-refractivity contribution in [1.29, 1.82) is 0 Å². The van der Waals surface area contributed by atoms with Gasteiger partial charge < -0.3 is 29.1 Å². The van der Waals surface area contributed by atoms with Gasteiger partial charge in [-0.15, -0.1) is 0 Å². The molecule has 1 aliphatic heterocycles. The third-order valence-corrected chi connectivity index (χ3v) is 6.38. The molecule has 5 rings (SSSR count). The molecule has 1 fully saturated rings. The lowest BCUT2D eigenvalue weighted by Gasteiger charge is -2.31. The fourth-order valence-electron chi connectivity index (χ4n) is 4.73. The summed E-state index contributed by atoms with van der Waals surface area (Å²) in [7, 11) is 4.75. The van der Waals surface area contributed by atoms with Gasteiger partial charge in [-0.1, -0.05) is 0 Å². The first-order chi connectivity index (χ1) is 15.6. The number of amides is 1. The topological polar surface area (TPSA) is 92.5 Å². The molecule has 2 N–H and O–H groups in total. The van der Waals surface area contributed by atoms with Crippen molar-refractivity contribution < 1.29 is 19.0 Å².